The Morgan fingerprint density at radius 1 is 1.36 bits per heavy atom. The average Bonchev–Trinajstić information content (AvgIpc) is 2.03. The summed E-state index contributed by atoms with van der Waals surface area (Å²) in [7, 11) is 0. The summed E-state index contributed by atoms with van der Waals surface area (Å²) in [6.45, 7) is 4.74. The molecule has 0 aromatic rings. The van der Waals surface area contributed by atoms with Crippen LogP contribution in [0.5, 0.6) is 0 Å². The second-order valence-electron chi connectivity index (χ2n) is 2.70. The maximum Gasteiger partial charge on any atom is 0.0923 e. The maximum absolute atomic E-state index is 9.27. The van der Waals surface area contributed by atoms with Crippen LogP contribution in [0.2, 0.25) is 0 Å². The molecule has 0 aromatic heterocycles. The molecule has 0 aromatic carbocycles. The van der Waals surface area contributed by atoms with Crippen LogP contribution in [0.1, 0.15) is 26.7 Å². The van der Waals surface area contributed by atoms with Gasteiger partial charge in [0.15, 0.2) is 0 Å². The molecule has 3 N–H and O–H groups in total. The highest BCUT2D eigenvalue weighted by Crippen LogP contribution is 2.01. The molecule has 0 bridgehead atoms. The molecular weight excluding hydrogens is 142 g/mol. The molecule has 0 unspecified atom stereocenters. The number of aliphatic hydroxyl groups excluding tert-OH is 2. The first-order valence-electron chi connectivity index (χ1n) is 4.28. The monoisotopic (exact) mass is 161 g/mol. The predicted octanol–water partition coefficient (Wildman–Crippen LogP) is 0.118. The number of aliphatic hydroxyl groups is 2. The zero-order chi connectivity index (χ0) is 8.69. The van der Waals surface area contributed by atoms with Gasteiger partial charge in [0.2, 0.25) is 0 Å². The number of hydrogen-bond donors (Lipinski definition) is 3. The van der Waals surface area contributed by atoms with Crippen LogP contribution in [0.3, 0.4) is 0 Å². The van der Waals surface area contributed by atoms with Crippen molar-refractivity contribution in [3.8, 4) is 0 Å². The van der Waals surface area contributed by atoms with E-state index in [1.807, 2.05) is 6.92 Å². The molecule has 0 fully saturated rings. The Labute approximate surface area is 68.4 Å². The quantitative estimate of drug-likeness (QED) is 0.518. The molecular formula is C8H19NO2. The van der Waals surface area contributed by atoms with Gasteiger partial charge in [0.05, 0.1) is 12.7 Å². The van der Waals surface area contributed by atoms with Crippen molar-refractivity contribution in [2.24, 2.45) is 0 Å². The Bertz CT molecular complexity index is 82.2. The van der Waals surface area contributed by atoms with Crippen LogP contribution >= 0.6 is 0 Å². The zero-order valence-corrected chi connectivity index (χ0v) is 7.38. The first kappa shape index (κ1) is 10.9. The molecule has 0 aliphatic carbocycles. The molecule has 0 amide bonds. The normalized spacial score (nSPS) is 16.4. The molecule has 3 nitrogen and oxygen atoms in total. The molecule has 2 atom stereocenters. The second-order valence-corrected chi connectivity index (χ2v) is 2.70. The third kappa shape index (κ3) is 4.35. The van der Waals surface area contributed by atoms with E-state index in [0.29, 0.717) is 0 Å². The number of nitrogens with one attached hydrogen (secondary N) is 1. The minimum atomic E-state index is -0.616. The minimum Gasteiger partial charge on any atom is -0.394 e. The lowest BCUT2D eigenvalue weighted by molar-refractivity contribution is 0.0604. The highest BCUT2D eigenvalue weighted by Gasteiger charge is 2.15. The van der Waals surface area contributed by atoms with Gasteiger partial charge in [-0.1, -0.05) is 20.3 Å². The lowest BCUT2D eigenvalue weighted by atomic mass is 10.1. The highest BCUT2D eigenvalue weighted by atomic mass is 16.3. The van der Waals surface area contributed by atoms with Gasteiger partial charge in [-0.05, 0) is 13.0 Å². The first-order valence-corrected chi connectivity index (χ1v) is 4.28. The summed E-state index contributed by atoms with van der Waals surface area (Å²) in [4.78, 5) is 0. The number of rotatable bonds is 6. The van der Waals surface area contributed by atoms with E-state index in [4.69, 9.17) is 5.11 Å². The minimum absolute atomic E-state index is 0.0509. The Kier molecular flexibility index (Phi) is 6.51. The van der Waals surface area contributed by atoms with Crippen molar-refractivity contribution < 1.29 is 10.2 Å². The van der Waals surface area contributed by atoms with Gasteiger partial charge in [0, 0.05) is 6.04 Å². The van der Waals surface area contributed by atoms with Crippen LogP contribution in [-0.4, -0.2) is 35.5 Å². The van der Waals surface area contributed by atoms with E-state index >= 15 is 0 Å². The zero-order valence-electron chi connectivity index (χ0n) is 7.38. The fourth-order valence-corrected chi connectivity index (χ4v) is 1.13. The van der Waals surface area contributed by atoms with E-state index in [1.165, 1.54) is 0 Å². The number of hydrogen-bond acceptors (Lipinski definition) is 3. The van der Waals surface area contributed by atoms with Gasteiger partial charge < -0.3 is 15.5 Å². The second kappa shape index (κ2) is 6.58. The van der Waals surface area contributed by atoms with E-state index in [9.17, 15) is 5.11 Å². The molecule has 0 heterocycles. The van der Waals surface area contributed by atoms with Crippen molar-refractivity contribution in [2.75, 3.05) is 13.2 Å². The van der Waals surface area contributed by atoms with Gasteiger partial charge in [0.25, 0.3) is 0 Å². The van der Waals surface area contributed by atoms with Gasteiger partial charge in [-0.15, -0.1) is 0 Å². The molecule has 68 valence electrons. The van der Waals surface area contributed by atoms with E-state index in [-0.39, 0.29) is 12.6 Å². The Balaban J connectivity index is 3.66. The van der Waals surface area contributed by atoms with Gasteiger partial charge in [-0.3, -0.25) is 0 Å². The van der Waals surface area contributed by atoms with Crippen LogP contribution < -0.4 is 5.32 Å². The fourth-order valence-electron chi connectivity index (χ4n) is 1.13. The topological polar surface area (TPSA) is 52.5 Å². The summed E-state index contributed by atoms with van der Waals surface area (Å²) >= 11 is 0. The van der Waals surface area contributed by atoms with E-state index in [2.05, 4.69) is 12.2 Å². The summed E-state index contributed by atoms with van der Waals surface area (Å²) in [5.41, 5.74) is 0. The summed E-state index contributed by atoms with van der Waals surface area (Å²) < 4.78 is 0. The third-order valence-electron chi connectivity index (χ3n) is 1.72. The SMILES string of the molecule is CCC[C@@H](NCC)[C@@H](O)CO. The molecule has 0 saturated carbocycles. The standard InChI is InChI=1S/C8H19NO2/c1-3-5-7(9-4-2)8(11)6-10/h7-11H,3-6H2,1-2H3/t7-,8+/m1/s1. The highest BCUT2D eigenvalue weighted by molar-refractivity contribution is 4.73. The summed E-state index contributed by atoms with van der Waals surface area (Å²) in [5, 5.41) is 21.1. The van der Waals surface area contributed by atoms with Crippen LogP contribution in [-0.2, 0) is 0 Å². The van der Waals surface area contributed by atoms with E-state index in [0.717, 1.165) is 19.4 Å². The van der Waals surface area contributed by atoms with Crippen molar-refractivity contribution in [1.29, 1.82) is 0 Å². The van der Waals surface area contributed by atoms with Gasteiger partial charge in [-0.25, -0.2) is 0 Å². The molecule has 0 radical (unpaired) electrons. The van der Waals surface area contributed by atoms with Crippen LogP contribution in [0.15, 0.2) is 0 Å². The van der Waals surface area contributed by atoms with Crippen molar-refractivity contribution in [3.05, 3.63) is 0 Å². The maximum atomic E-state index is 9.27. The lowest BCUT2D eigenvalue weighted by Crippen LogP contribution is -2.41. The molecule has 0 aliphatic rings. The summed E-state index contributed by atoms with van der Waals surface area (Å²) in [6, 6.07) is 0.0509. The summed E-state index contributed by atoms with van der Waals surface area (Å²) in [5.74, 6) is 0. The van der Waals surface area contributed by atoms with Crippen LogP contribution in [0.25, 0.3) is 0 Å². The van der Waals surface area contributed by atoms with E-state index < -0.39 is 6.10 Å². The van der Waals surface area contributed by atoms with Gasteiger partial charge in [-0.2, -0.15) is 0 Å². The van der Waals surface area contributed by atoms with Gasteiger partial charge in [0.1, 0.15) is 0 Å². The molecule has 3 heteroatoms. The van der Waals surface area contributed by atoms with Gasteiger partial charge >= 0.3 is 0 Å². The largest absolute Gasteiger partial charge is 0.394 e. The molecule has 0 rings (SSSR count). The Morgan fingerprint density at radius 3 is 2.36 bits per heavy atom. The van der Waals surface area contributed by atoms with Crippen molar-refractivity contribution >= 4 is 0 Å². The smallest absolute Gasteiger partial charge is 0.0923 e. The number of likely N-dealkylation sites (N-methyl/N-ethyl adjacent to an activating group) is 1. The Hall–Kier alpha value is -0.120. The predicted molar refractivity (Wildman–Crippen MR) is 45.5 cm³/mol. The summed E-state index contributed by atoms with van der Waals surface area (Å²) in [6.07, 6.45) is 1.32. The molecule has 0 aliphatic heterocycles. The molecule has 0 spiro atoms. The molecule has 11 heavy (non-hydrogen) atoms. The van der Waals surface area contributed by atoms with Crippen LogP contribution in [0, 0.1) is 0 Å². The average molecular weight is 161 g/mol. The van der Waals surface area contributed by atoms with Crippen LogP contribution in [0.4, 0.5) is 0 Å². The van der Waals surface area contributed by atoms with Crippen molar-refractivity contribution in [3.63, 3.8) is 0 Å². The third-order valence-corrected chi connectivity index (χ3v) is 1.72. The van der Waals surface area contributed by atoms with Crippen molar-refractivity contribution in [1.82, 2.24) is 5.32 Å². The Morgan fingerprint density at radius 2 is 2.00 bits per heavy atom. The molecule has 0 saturated heterocycles. The lowest BCUT2D eigenvalue weighted by Gasteiger charge is -2.21. The fraction of sp³-hybridized carbons (Fsp3) is 1.00. The van der Waals surface area contributed by atoms with E-state index in [1.54, 1.807) is 0 Å². The first-order chi connectivity index (χ1) is 5.26. The van der Waals surface area contributed by atoms with Crippen molar-refractivity contribution in [2.45, 2.75) is 38.8 Å².